The van der Waals surface area contributed by atoms with Crippen LogP contribution in [0.3, 0.4) is 0 Å². The van der Waals surface area contributed by atoms with Gasteiger partial charge in [-0.3, -0.25) is 0 Å². The molecule has 11 heavy (non-hydrogen) atoms. The molecule has 0 saturated heterocycles. The standard InChI is InChI=1S/C5H10N4S2/c1-4(3-11-2)9-5(10)6-7-8-9/h4H,3H2,1-2H3,(H,6,8,10). The lowest BCUT2D eigenvalue weighted by atomic mass is 10.4. The molecule has 4 nitrogen and oxygen atoms in total. The molecule has 0 aromatic carbocycles. The first kappa shape index (κ1) is 8.73. The van der Waals surface area contributed by atoms with Gasteiger partial charge in [-0.2, -0.15) is 17.0 Å². The summed E-state index contributed by atoms with van der Waals surface area (Å²) in [7, 11) is 0. The molecular weight excluding hydrogens is 180 g/mol. The van der Waals surface area contributed by atoms with E-state index in [0.29, 0.717) is 10.8 Å². The van der Waals surface area contributed by atoms with Crippen LogP contribution in [0.1, 0.15) is 13.0 Å². The summed E-state index contributed by atoms with van der Waals surface area (Å²) in [4.78, 5) is 0. The second kappa shape index (κ2) is 3.87. The monoisotopic (exact) mass is 190 g/mol. The number of nitrogens with zero attached hydrogens (tertiary/aromatic N) is 3. The Hall–Kier alpha value is -0.360. The molecule has 0 fully saturated rings. The van der Waals surface area contributed by atoms with Crippen molar-refractivity contribution in [2.75, 3.05) is 12.0 Å². The Kier molecular flexibility index (Phi) is 3.07. The van der Waals surface area contributed by atoms with E-state index in [-0.39, 0.29) is 0 Å². The first-order chi connectivity index (χ1) is 5.25. The number of aromatic amines is 1. The molecule has 0 aliphatic heterocycles. The fourth-order valence-electron chi connectivity index (χ4n) is 0.807. The number of aromatic nitrogens is 4. The SMILES string of the molecule is CSCC(C)n1[nH]nnc1=S. The van der Waals surface area contributed by atoms with E-state index in [1.54, 1.807) is 16.4 Å². The van der Waals surface area contributed by atoms with E-state index in [0.717, 1.165) is 5.75 Å². The van der Waals surface area contributed by atoms with Gasteiger partial charge < -0.3 is 0 Å². The lowest BCUT2D eigenvalue weighted by molar-refractivity contribution is 0.515. The molecular formula is C5H10N4S2. The van der Waals surface area contributed by atoms with Gasteiger partial charge in [-0.25, -0.2) is 4.68 Å². The van der Waals surface area contributed by atoms with Gasteiger partial charge in [-0.15, -0.1) is 0 Å². The second-order valence-corrected chi connectivity index (χ2v) is 3.53. The van der Waals surface area contributed by atoms with Gasteiger partial charge in [0.05, 0.1) is 6.04 Å². The minimum atomic E-state index is 0.340. The summed E-state index contributed by atoms with van der Waals surface area (Å²) in [6, 6.07) is 0.340. The Morgan fingerprint density at radius 1 is 1.82 bits per heavy atom. The zero-order chi connectivity index (χ0) is 8.27. The van der Waals surface area contributed by atoms with Crippen LogP contribution in [0.4, 0.5) is 0 Å². The van der Waals surface area contributed by atoms with E-state index in [4.69, 9.17) is 12.2 Å². The highest BCUT2D eigenvalue weighted by Gasteiger charge is 2.04. The van der Waals surface area contributed by atoms with Gasteiger partial charge in [0.1, 0.15) is 0 Å². The van der Waals surface area contributed by atoms with Gasteiger partial charge in [0.15, 0.2) is 0 Å². The summed E-state index contributed by atoms with van der Waals surface area (Å²) in [5.74, 6) is 1.01. The first-order valence-corrected chi connectivity index (χ1v) is 5.04. The minimum absolute atomic E-state index is 0.340. The van der Waals surface area contributed by atoms with Crippen molar-refractivity contribution in [3.63, 3.8) is 0 Å². The molecule has 6 heteroatoms. The van der Waals surface area contributed by atoms with Gasteiger partial charge in [-0.1, -0.05) is 10.3 Å². The van der Waals surface area contributed by atoms with Crippen molar-refractivity contribution in [3.8, 4) is 0 Å². The van der Waals surface area contributed by atoms with Gasteiger partial charge in [0.25, 0.3) is 0 Å². The Balaban J connectivity index is 2.75. The number of rotatable bonds is 3. The van der Waals surface area contributed by atoms with Crippen molar-refractivity contribution in [1.82, 2.24) is 20.2 Å². The van der Waals surface area contributed by atoms with Crippen LogP contribution < -0.4 is 0 Å². The van der Waals surface area contributed by atoms with E-state index in [9.17, 15) is 0 Å². The van der Waals surface area contributed by atoms with Gasteiger partial charge in [0, 0.05) is 5.75 Å². The van der Waals surface area contributed by atoms with E-state index in [1.165, 1.54) is 0 Å². The van der Waals surface area contributed by atoms with Crippen LogP contribution in [-0.2, 0) is 0 Å². The largest absolute Gasteiger partial charge is 0.239 e. The van der Waals surface area contributed by atoms with Crippen LogP contribution >= 0.6 is 24.0 Å². The quantitative estimate of drug-likeness (QED) is 0.729. The van der Waals surface area contributed by atoms with Crippen LogP contribution in [0.15, 0.2) is 0 Å². The maximum Gasteiger partial charge on any atom is 0.238 e. The molecule has 1 rings (SSSR count). The summed E-state index contributed by atoms with van der Waals surface area (Å²) in [6.45, 7) is 2.08. The maximum absolute atomic E-state index is 4.92. The van der Waals surface area contributed by atoms with Gasteiger partial charge in [-0.05, 0) is 25.4 Å². The predicted octanol–water partition coefficient (Wildman–Crippen LogP) is 1.26. The molecule has 1 N–H and O–H groups in total. The van der Waals surface area contributed by atoms with E-state index in [2.05, 4.69) is 28.7 Å². The zero-order valence-corrected chi connectivity index (χ0v) is 8.08. The first-order valence-electron chi connectivity index (χ1n) is 3.24. The molecule has 0 aliphatic carbocycles. The van der Waals surface area contributed by atoms with E-state index >= 15 is 0 Å². The molecule has 62 valence electrons. The molecule has 1 atom stereocenters. The van der Waals surface area contributed by atoms with Crippen molar-refractivity contribution in [1.29, 1.82) is 0 Å². The van der Waals surface area contributed by atoms with Crippen LogP contribution in [0.2, 0.25) is 0 Å². The Morgan fingerprint density at radius 3 is 3.00 bits per heavy atom. The number of hydrogen-bond donors (Lipinski definition) is 1. The highest BCUT2D eigenvalue weighted by atomic mass is 32.2. The number of H-pyrrole nitrogens is 1. The summed E-state index contributed by atoms with van der Waals surface area (Å²) in [5.41, 5.74) is 0. The number of thioether (sulfide) groups is 1. The minimum Gasteiger partial charge on any atom is -0.239 e. The van der Waals surface area contributed by atoms with Crippen molar-refractivity contribution in [2.24, 2.45) is 0 Å². The third-order valence-electron chi connectivity index (χ3n) is 1.34. The highest BCUT2D eigenvalue weighted by molar-refractivity contribution is 7.98. The number of tetrazole rings is 1. The topological polar surface area (TPSA) is 46.5 Å². The van der Waals surface area contributed by atoms with Crippen LogP contribution in [-0.4, -0.2) is 32.2 Å². The molecule has 0 bridgehead atoms. The fourth-order valence-corrected chi connectivity index (χ4v) is 1.70. The summed E-state index contributed by atoms with van der Waals surface area (Å²) in [6.07, 6.45) is 2.06. The van der Waals surface area contributed by atoms with E-state index < -0.39 is 0 Å². The average Bonchev–Trinajstić information content (AvgIpc) is 2.36. The molecule has 0 saturated carbocycles. The predicted molar refractivity (Wildman–Crippen MR) is 48.3 cm³/mol. The third kappa shape index (κ3) is 2.03. The van der Waals surface area contributed by atoms with Crippen LogP contribution in [0, 0.1) is 4.77 Å². The molecule has 0 spiro atoms. The molecule has 0 amide bonds. The zero-order valence-electron chi connectivity index (χ0n) is 6.44. The smallest absolute Gasteiger partial charge is 0.238 e. The molecule has 0 radical (unpaired) electrons. The molecule has 1 aromatic heterocycles. The molecule has 1 aromatic rings. The van der Waals surface area contributed by atoms with Crippen LogP contribution in [0.5, 0.6) is 0 Å². The van der Waals surface area contributed by atoms with E-state index in [1.807, 2.05) is 0 Å². The number of hydrogen-bond acceptors (Lipinski definition) is 4. The molecule has 1 heterocycles. The Morgan fingerprint density at radius 2 is 2.55 bits per heavy atom. The molecule has 0 aliphatic rings. The summed E-state index contributed by atoms with van der Waals surface area (Å²) < 4.78 is 2.30. The van der Waals surface area contributed by atoms with Crippen molar-refractivity contribution in [3.05, 3.63) is 4.77 Å². The third-order valence-corrected chi connectivity index (χ3v) is 2.44. The normalized spacial score (nSPS) is 13.3. The summed E-state index contributed by atoms with van der Waals surface area (Å²) >= 11 is 6.70. The lowest BCUT2D eigenvalue weighted by Crippen LogP contribution is -2.09. The average molecular weight is 190 g/mol. The second-order valence-electron chi connectivity index (χ2n) is 2.26. The van der Waals surface area contributed by atoms with Gasteiger partial charge in [0.2, 0.25) is 4.77 Å². The molecule has 1 unspecified atom stereocenters. The summed E-state index contributed by atoms with van der Waals surface area (Å²) in [5, 5.41) is 10.0. The van der Waals surface area contributed by atoms with Crippen molar-refractivity contribution < 1.29 is 0 Å². The highest BCUT2D eigenvalue weighted by Crippen LogP contribution is 2.08. The maximum atomic E-state index is 4.92. The number of nitrogens with one attached hydrogen (secondary N) is 1. The van der Waals surface area contributed by atoms with Crippen molar-refractivity contribution >= 4 is 24.0 Å². The lowest BCUT2D eigenvalue weighted by Gasteiger charge is -2.08. The van der Waals surface area contributed by atoms with Gasteiger partial charge >= 0.3 is 0 Å². The Bertz CT molecular complexity index is 265. The Labute approximate surface area is 74.4 Å². The fraction of sp³-hybridized carbons (Fsp3) is 0.800. The van der Waals surface area contributed by atoms with Crippen LogP contribution in [0.25, 0.3) is 0 Å². The van der Waals surface area contributed by atoms with Crippen molar-refractivity contribution in [2.45, 2.75) is 13.0 Å².